The molecule has 20 heavy (non-hydrogen) atoms. The molecule has 2 aromatic rings. The van der Waals surface area contributed by atoms with Crippen molar-refractivity contribution in [2.24, 2.45) is 0 Å². The summed E-state index contributed by atoms with van der Waals surface area (Å²) in [4.78, 5) is 0. The van der Waals surface area contributed by atoms with Crippen molar-refractivity contribution < 1.29 is 13.2 Å². The van der Waals surface area contributed by atoms with Gasteiger partial charge in [-0.15, -0.1) is 0 Å². The zero-order valence-corrected chi connectivity index (χ0v) is 11.3. The standard InChI is InChI=1S/C14H16F3N3/c1-9(2)18-8-12-7-13(20-19-12)10-3-5-11(6-4-10)14(15,16)17/h3-7,9,18H,8H2,1-2H3,(H,19,20). The molecule has 2 rings (SSSR count). The van der Waals surface area contributed by atoms with Crippen LogP contribution in [0.2, 0.25) is 0 Å². The lowest BCUT2D eigenvalue weighted by Gasteiger charge is -2.06. The van der Waals surface area contributed by atoms with Gasteiger partial charge in [-0.05, 0) is 18.2 Å². The summed E-state index contributed by atoms with van der Waals surface area (Å²) in [6.07, 6.45) is -4.31. The normalized spacial score (nSPS) is 12.1. The van der Waals surface area contributed by atoms with Crippen LogP contribution in [0.1, 0.15) is 25.1 Å². The molecule has 0 atom stereocenters. The minimum absolute atomic E-state index is 0.354. The Morgan fingerprint density at radius 3 is 2.40 bits per heavy atom. The number of hydrogen-bond donors (Lipinski definition) is 2. The first-order valence-corrected chi connectivity index (χ1v) is 6.31. The number of nitrogens with one attached hydrogen (secondary N) is 2. The number of aromatic amines is 1. The number of H-pyrrole nitrogens is 1. The van der Waals surface area contributed by atoms with Gasteiger partial charge in [0, 0.05) is 23.8 Å². The van der Waals surface area contributed by atoms with Gasteiger partial charge in [-0.3, -0.25) is 5.10 Å². The first-order chi connectivity index (χ1) is 9.36. The minimum atomic E-state index is -4.31. The molecule has 0 amide bonds. The zero-order valence-electron chi connectivity index (χ0n) is 11.3. The second-order valence-electron chi connectivity index (χ2n) is 4.89. The van der Waals surface area contributed by atoms with Crippen LogP contribution >= 0.6 is 0 Å². The van der Waals surface area contributed by atoms with E-state index in [0.29, 0.717) is 23.8 Å². The molecule has 0 bridgehead atoms. The van der Waals surface area contributed by atoms with Gasteiger partial charge in [-0.2, -0.15) is 18.3 Å². The fourth-order valence-electron chi connectivity index (χ4n) is 1.74. The van der Waals surface area contributed by atoms with Crippen LogP contribution in [0.3, 0.4) is 0 Å². The van der Waals surface area contributed by atoms with Crippen LogP contribution in [-0.2, 0) is 12.7 Å². The van der Waals surface area contributed by atoms with Gasteiger partial charge in [0.05, 0.1) is 11.3 Å². The van der Waals surface area contributed by atoms with Gasteiger partial charge in [-0.1, -0.05) is 26.0 Å². The summed E-state index contributed by atoms with van der Waals surface area (Å²) in [5.41, 5.74) is 1.54. The third-order valence-corrected chi connectivity index (χ3v) is 2.84. The lowest BCUT2D eigenvalue weighted by Crippen LogP contribution is -2.21. The first-order valence-electron chi connectivity index (χ1n) is 6.31. The number of rotatable bonds is 4. The van der Waals surface area contributed by atoms with Crippen LogP contribution in [0.4, 0.5) is 13.2 Å². The number of nitrogens with zero attached hydrogens (tertiary/aromatic N) is 1. The first kappa shape index (κ1) is 14.6. The highest BCUT2D eigenvalue weighted by molar-refractivity contribution is 5.59. The number of halogens is 3. The van der Waals surface area contributed by atoms with E-state index in [9.17, 15) is 13.2 Å². The Hall–Kier alpha value is -1.82. The van der Waals surface area contributed by atoms with Gasteiger partial charge in [0.2, 0.25) is 0 Å². The number of hydrogen-bond acceptors (Lipinski definition) is 2. The van der Waals surface area contributed by atoms with E-state index in [-0.39, 0.29) is 0 Å². The van der Waals surface area contributed by atoms with Gasteiger partial charge >= 0.3 is 6.18 Å². The molecule has 0 spiro atoms. The Kier molecular flexibility index (Phi) is 4.13. The van der Waals surface area contributed by atoms with Crippen molar-refractivity contribution in [3.8, 4) is 11.3 Å². The molecule has 6 heteroatoms. The Bertz CT molecular complexity index is 556. The van der Waals surface area contributed by atoms with Crippen molar-refractivity contribution in [3.05, 3.63) is 41.6 Å². The van der Waals surface area contributed by atoms with Gasteiger partial charge in [0.15, 0.2) is 0 Å². The third kappa shape index (κ3) is 3.60. The highest BCUT2D eigenvalue weighted by Gasteiger charge is 2.30. The molecule has 0 saturated carbocycles. The largest absolute Gasteiger partial charge is 0.416 e. The van der Waals surface area contributed by atoms with Gasteiger partial charge in [0.25, 0.3) is 0 Å². The van der Waals surface area contributed by atoms with Crippen LogP contribution in [0, 0.1) is 0 Å². The van der Waals surface area contributed by atoms with E-state index >= 15 is 0 Å². The average molecular weight is 283 g/mol. The van der Waals surface area contributed by atoms with Crippen molar-refractivity contribution in [3.63, 3.8) is 0 Å². The van der Waals surface area contributed by atoms with Crippen LogP contribution in [-0.4, -0.2) is 16.2 Å². The van der Waals surface area contributed by atoms with E-state index in [0.717, 1.165) is 17.8 Å². The Labute approximate surface area is 115 Å². The molecule has 0 radical (unpaired) electrons. The molecule has 2 N–H and O–H groups in total. The molecular weight excluding hydrogens is 267 g/mol. The highest BCUT2D eigenvalue weighted by Crippen LogP contribution is 2.30. The number of benzene rings is 1. The molecule has 0 aliphatic rings. The second-order valence-corrected chi connectivity index (χ2v) is 4.89. The van der Waals surface area contributed by atoms with Crippen LogP contribution in [0.15, 0.2) is 30.3 Å². The molecule has 108 valence electrons. The second kappa shape index (κ2) is 5.66. The molecule has 0 unspecified atom stereocenters. The number of alkyl halides is 3. The summed E-state index contributed by atoms with van der Waals surface area (Å²) >= 11 is 0. The fraction of sp³-hybridized carbons (Fsp3) is 0.357. The number of aromatic nitrogens is 2. The van der Waals surface area contributed by atoms with E-state index in [4.69, 9.17) is 0 Å². The average Bonchev–Trinajstić information content (AvgIpc) is 2.84. The van der Waals surface area contributed by atoms with Crippen molar-refractivity contribution in [1.29, 1.82) is 0 Å². The Balaban J connectivity index is 2.12. The molecule has 1 aromatic carbocycles. The molecule has 1 aromatic heterocycles. The van der Waals surface area contributed by atoms with E-state index < -0.39 is 11.7 Å². The van der Waals surface area contributed by atoms with Crippen molar-refractivity contribution in [2.45, 2.75) is 32.6 Å². The highest BCUT2D eigenvalue weighted by atomic mass is 19.4. The predicted molar refractivity (Wildman–Crippen MR) is 71.0 cm³/mol. The maximum Gasteiger partial charge on any atom is 0.416 e. The molecule has 1 heterocycles. The summed E-state index contributed by atoms with van der Waals surface area (Å²) in [5, 5.41) is 10.2. The van der Waals surface area contributed by atoms with Gasteiger partial charge < -0.3 is 5.32 Å². The molecular formula is C14H16F3N3. The van der Waals surface area contributed by atoms with Crippen molar-refractivity contribution in [1.82, 2.24) is 15.5 Å². The topological polar surface area (TPSA) is 40.7 Å². The van der Waals surface area contributed by atoms with E-state index in [1.807, 2.05) is 19.9 Å². The molecule has 0 saturated heterocycles. The maximum atomic E-state index is 12.5. The van der Waals surface area contributed by atoms with Crippen LogP contribution in [0.25, 0.3) is 11.3 Å². The quantitative estimate of drug-likeness (QED) is 0.900. The SMILES string of the molecule is CC(C)NCc1cc(-c2ccc(C(F)(F)F)cc2)n[nH]1. The maximum absolute atomic E-state index is 12.5. The summed E-state index contributed by atoms with van der Waals surface area (Å²) in [7, 11) is 0. The van der Waals surface area contributed by atoms with Crippen LogP contribution < -0.4 is 5.32 Å². The Morgan fingerprint density at radius 1 is 1.20 bits per heavy atom. The predicted octanol–water partition coefficient (Wildman–Crippen LogP) is 3.59. The van der Waals surface area contributed by atoms with Crippen molar-refractivity contribution in [2.75, 3.05) is 0 Å². The fourth-order valence-corrected chi connectivity index (χ4v) is 1.74. The van der Waals surface area contributed by atoms with Gasteiger partial charge in [-0.25, -0.2) is 0 Å². The van der Waals surface area contributed by atoms with E-state index in [1.54, 1.807) is 0 Å². The summed E-state index contributed by atoms with van der Waals surface area (Å²) < 4.78 is 37.4. The monoisotopic (exact) mass is 283 g/mol. The molecule has 3 nitrogen and oxygen atoms in total. The molecule has 0 aliphatic carbocycles. The zero-order chi connectivity index (χ0) is 14.8. The minimum Gasteiger partial charge on any atom is -0.309 e. The van der Waals surface area contributed by atoms with Gasteiger partial charge in [0.1, 0.15) is 0 Å². The summed E-state index contributed by atoms with van der Waals surface area (Å²) in [6, 6.07) is 7.18. The van der Waals surface area contributed by atoms with E-state index in [2.05, 4.69) is 15.5 Å². The van der Waals surface area contributed by atoms with Crippen molar-refractivity contribution >= 4 is 0 Å². The molecule has 0 fully saturated rings. The van der Waals surface area contributed by atoms with Crippen LogP contribution in [0.5, 0.6) is 0 Å². The third-order valence-electron chi connectivity index (χ3n) is 2.84. The summed E-state index contributed by atoms with van der Waals surface area (Å²) in [6.45, 7) is 4.71. The van der Waals surface area contributed by atoms with E-state index in [1.165, 1.54) is 12.1 Å². The molecule has 0 aliphatic heterocycles. The lowest BCUT2D eigenvalue weighted by molar-refractivity contribution is -0.137. The summed E-state index contributed by atoms with van der Waals surface area (Å²) in [5.74, 6) is 0. The lowest BCUT2D eigenvalue weighted by atomic mass is 10.1. The smallest absolute Gasteiger partial charge is 0.309 e. The Morgan fingerprint density at radius 2 is 1.85 bits per heavy atom.